The molecule has 3 unspecified atom stereocenters. The molecule has 0 radical (unpaired) electrons. The highest BCUT2D eigenvalue weighted by Crippen LogP contribution is 2.40. The molecule has 22 heavy (non-hydrogen) atoms. The summed E-state index contributed by atoms with van der Waals surface area (Å²) in [6.45, 7) is 6.21. The van der Waals surface area contributed by atoms with Gasteiger partial charge in [0, 0.05) is 18.0 Å². The minimum Gasteiger partial charge on any atom is -0.379 e. The van der Waals surface area contributed by atoms with Crippen LogP contribution in [0.1, 0.15) is 46.0 Å². The Hall–Kier alpha value is -1.34. The zero-order chi connectivity index (χ0) is 15.7. The molecule has 3 atom stereocenters. The number of hydrogen-bond acceptors (Lipinski definition) is 3. The van der Waals surface area contributed by atoms with Crippen molar-refractivity contribution in [1.82, 2.24) is 4.90 Å². The van der Waals surface area contributed by atoms with E-state index in [1.165, 1.54) is 25.7 Å². The molecule has 3 fully saturated rings. The Labute approximate surface area is 133 Å². The number of piperidine rings is 1. The second kappa shape index (κ2) is 6.04. The molecule has 2 heterocycles. The van der Waals surface area contributed by atoms with Gasteiger partial charge in [-0.2, -0.15) is 5.26 Å². The molecule has 0 spiro atoms. The van der Waals surface area contributed by atoms with Gasteiger partial charge >= 0.3 is 0 Å². The largest absolute Gasteiger partial charge is 0.379 e. The van der Waals surface area contributed by atoms with Crippen LogP contribution in [0.15, 0.2) is 11.6 Å². The van der Waals surface area contributed by atoms with Gasteiger partial charge in [-0.3, -0.25) is 4.79 Å². The van der Waals surface area contributed by atoms with Crippen LogP contribution < -0.4 is 0 Å². The number of rotatable bonds is 2. The first-order valence-electron chi connectivity index (χ1n) is 8.56. The SMILES string of the molecule is CC1C2CCCCC2CCN1C(=O)/C(C#N)=C/C1(C)COC1. The number of likely N-dealkylation sites (tertiary alicyclic amines) is 1. The Morgan fingerprint density at radius 2 is 2.05 bits per heavy atom. The van der Waals surface area contributed by atoms with Gasteiger partial charge in [-0.15, -0.1) is 0 Å². The van der Waals surface area contributed by atoms with E-state index in [1.54, 1.807) is 0 Å². The summed E-state index contributed by atoms with van der Waals surface area (Å²) in [6.07, 6.45) is 8.09. The number of amides is 1. The second-order valence-corrected chi connectivity index (χ2v) is 7.55. The predicted molar refractivity (Wildman–Crippen MR) is 83.9 cm³/mol. The van der Waals surface area contributed by atoms with Crippen molar-refractivity contribution in [2.24, 2.45) is 17.3 Å². The summed E-state index contributed by atoms with van der Waals surface area (Å²) >= 11 is 0. The van der Waals surface area contributed by atoms with Crippen molar-refractivity contribution in [3.63, 3.8) is 0 Å². The van der Waals surface area contributed by atoms with Crippen molar-refractivity contribution < 1.29 is 9.53 Å². The Morgan fingerprint density at radius 3 is 2.68 bits per heavy atom. The molecule has 4 heteroatoms. The highest BCUT2D eigenvalue weighted by Gasteiger charge is 2.40. The highest BCUT2D eigenvalue weighted by molar-refractivity contribution is 5.97. The van der Waals surface area contributed by atoms with E-state index in [0.29, 0.717) is 24.7 Å². The van der Waals surface area contributed by atoms with Crippen molar-refractivity contribution in [3.8, 4) is 6.07 Å². The quantitative estimate of drug-likeness (QED) is 0.582. The van der Waals surface area contributed by atoms with Crippen LogP contribution in [0, 0.1) is 28.6 Å². The first-order valence-corrected chi connectivity index (χ1v) is 8.56. The molecule has 0 bridgehead atoms. The lowest BCUT2D eigenvalue weighted by molar-refractivity contribution is -0.133. The average Bonchev–Trinajstić information content (AvgIpc) is 2.51. The topological polar surface area (TPSA) is 53.3 Å². The molecule has 0 aromatic rings. The zero-order valence-corrected chi connectivity index (χ0v) is 13.7. The van der Waals surface area contributed by atoms with Gasteiger partial charge in [0.2, 0.25) is 0 Å². The van der Waals surface area contributed by atoms with E-state index in [-0.39, 0.29) is 17.4 Å². The molecular weight excluding hydrogens is 276 g/mol. The van der Waals surface area contributed by atoms with Gasteiger partial charge in [-0.05, 0) is 31.6 Å². The molecule has 1 aliphatic carbocycles. The highest BCUT2D eigenvalue weighted by atomic mass is 16.5. The van der Waals surface area contributed by atoms with Gasteiger partial charge in [0.1, 0.15) is 11.6 Å². The van der Waals surface area contributed by atoms with Crippen LogP contribution in [0.5, 0.6) is 0 Å². The molecule has 3 rings (SSSR count). The fourth-order valence-electron chi connectivity index (χ4n) is 4.41. The molecule has 0 aromatic carbocycles. The summed E-state index contributed by atoms with van der Waals surface area (Å²) in [7, 11) is 0. The standard InChI is InChI=1S/C18H26N2O2/c1-13-16-6-4-3-5-14(16)7-8-20(13)17(21)15(10-19)9-18(2)11-22-12-18/h9,13-14,16H,3-8,11-12H2,1-2H3/b15-9+. The Morgan fingerprint density at radius 1 is 1.32 bits per heavy atom. The monoisotopic (exact) mass is 302 g/mol. The van der Waals surface area contributed by atoms with Crippen LogP contribution in [0.2, 0.25) is 0 Å². The first-order chi connectivity index (χ1) is 10.5. The summed E-state index contributed by atoms with van der Waals surface area (Å²) in [5, 5.41) is 9.42. The van der Waals surface area contributed by atoms with E-state index < -0.39 is 0 Å². The van der Waals surface area contributed by atoms with Gasteiger partial charge in [0.25, 0.3) is 5.91 Å². The van der Waals surface area contributed by atoms with Crippen LogP contribution in [0.3, 0.4) is 0 Å². The fraction of sp³-hybridized carbons (Fsp3) is 0.778. The van der Waals surface area contributed by atoms with E-state index in [1.807, 2.05) is 17.9 Å². The molecule has 3 aliphatic rings. The van der Waals surface area contributed by atoms with Crippen LogP contribution in [-0.2, 0) is 9.53 Å². The normalized spacial score (nSPS) is 34.3. The van der Waals surface area contributed by atoms with Crippen molar-refractivity contribution in [1.29, 1.82) is 5.26 Å². The van der Waals surface area contributed by atoms with Gasteiger partial charge < -0.3 is 9.64 Å². The van der Waals surface area contributed by atoms with Crippen molar-refractivity contribution in [2.45, 2.75) is 52.0 Å². The molecule has 120 valence electrons. The maximum absolute atomic E-state index is 12.8. The summed E-state index contributed by atoms with van der Waals surface area (Å²) < 4.78 is 5.22. The van der Waals surface area contributed by atoms with Crippen LogP contribution >= 0.6 is 0 Å². The molecule has 1 saturated carbocycles. The molecule has 0 N–H and O–H groups in total. The number of carbonyl (C=O) groups is 1. The lowest BCUT2D eigenvalue weighted by atomic mass is 9.71. The van der Waals surface area contributed by atoms with E-state index in [4.69, 9.17) is 4.74 Å². The first kappa shape index (κ1) is 15.6. The lowest BCUT2D eigenvalue weighted by Gasteiger charge is -2.46. The van der Waals surface area contributed by atoms with Gasteiger partial charge in [-0.1, -0.05) is 32.3 Å². The molecular formula is C18H26N2O2. The summed E-state index contributed by atoms with van der Waals surface area (Å²) in [6, 6.07) is 2.39. The third-order valence-corrected chi connectivity index (χ3v) is 5.79. The zero-order valence-electron chi connectivity index (χ0n) is 13.7. The predicted octanol–water partition coefficient (Wildman–Crippen LogP) is 2.90. The van der Waals surface area contributed by atoms with Gasteiger partial charge in [0.15, 0.2) is 0 Å². The average molecular weight is 302 g/mol. The van der Waals surface area contributed by atoms with Crippen LogP contribution in [-0.4, -0.2) is 36.6 Å². The van der Waals surface area contributed by atoms with Crippen molar-refractivity contribution >= 4 is 5.91 Å². The van der Waals surface area contributed by atoms with E-state index >= 15 is 0 Å². The summed E-state index contributed by atoms with van der Waals surface area (Å²) in [5.74, 6) is 1.32. The van der Waals surface area contributed by atoms with E-state index in [0.717, 1.165) is 18.9 Å². The number of nitriles is 1. The molecule has 4 nitrogen and oxygen atoms in total. The number of hydrogen-bond donors (Lipinski definition) is 0. The minimum absolute atomic E-state index is 0.0767. The van der Waals surface area contributed by atoms with E-state index in [9.17, 15) is 10.1 Å². The molecule has 2 saturated heterocycles. The summed E-state index contributed by atoms with van der Waals surface area (Å²) in [5.41, 5.74) is 0.152. The number of nitrogens with zero attached hydrogens (tertiary/aromatic N) is 2. The Bertz CT molecular complexity index is 516. The van der Waals surface area contributed by atoms with Gasteiger partial charge in [-0.25, -0.2) is 0 Å². The lowest BCUT2D eigenvalue weighted by Crippen LogP contribution is -2.51. The Balaban J connectivity index is 1.75. The second-order valence-electron chi connectivity index (χ2n) is 7.55. The van der Waals surface area contributed by atoms with Gasteiger partial charge in [0.05, 0.1) is 13.2 Å². The number of carbonyl (C=O) groups excluding carboxylic acids is 1. The summed E-state index contributed by atoms with van der Waals surface area (Å²) in [4.78, 5) is 14.8. The smallest absolute Gasteiger partial charge is 0.264 e. The maximum Gasteiger partial charge on any atom is 0.264 e. The molecule has 0 aromatic heterocycles. The Kier molecular flexibility index (Phi) is 4.27. The minimum atomic E-state index is -0.146. The maximum atomic E-state index is 12.8. The third kappa shape index (κ3) is 2.79. The third-order valence-electron chi connectivity index (χ3n) is 5.79. The van der Waals surface area contributed by atoms with E-state index in [2.05, 4.69) is 13.0 Å². The molecule has 2 aliphatic heterocycles. The number of fused-ring (bicyclic) bond motifs is 1. The van der Waals surface area contributed by atoms with Crippen LogP contribution in [0.4, 0.5) is 0 Å². The fourth-order valence-corrected chi connectivity index (χ4v) is 4.41. The molecule has 1 amide bonds. The number of ether oxygens (including phenoxy) is 1. The van der Waals surface area contributed by atoms with Crippen LogP contribution in [0.25, 0.3) is 0 Å². The van der Waals surface area contributed by atoms with Crippen molar-refractivity contribution in [3.05, 3.63) is 11.6 Å². The van der Waals surface area contributed by atoms with Crippen molar-refractivity contribution in [2.75, 3.05) is 19.8 Å².